The van der Waals surface area contributed by atoms with Gasteiger partial charge in [-0.2, -0.15) is 5.26 Å². The number of anilines is 2. The van der Waals surface area contributed by atoms with Crippen molar-refractivity contribution in [2.45, 2.75) is 19.6 Å². The first-order valence-corrected chi connectivity index (χ1v) is 10.9. The number of hydrogen-bond donors (Lipinski definition) is 2. The Morgan fingerprint density at radius 2 is 2.20 bits per heavy atom. The number of aldehydes is 1. The number of hydrogen-bond acceptors (Lipinski definition) is 9. The van der Waals surface area contributed by atoms with E-state index < -0.39 is 12.1 Å². The number of aromatic nitrogens is 2. The molecule has 1 fully saturated rings. The van der Waals surface area contributed by atoms with Crippen LogP contribution in [0.5, 0.6) is 5.75 Å². The lowest BCUT2D eigenvalue weighted by Gasteiger charge is -2.32. The molecule has 3 heterocycles. The van der Waals surface area contributed by atoms with Crippen molar-refractivity contribution < 1.29 is 24.2 Å². The molecule has 0 aliphatic carbocycles. The molecular formula is C23H27N7O5. The Bertz CT molecular complexity index is 1150. The number of pyridine rings is 2. The fourth-order valence-corrected chi connectivity index (χ4v) is 3.35. The number of carbonyl (C=O) groups excluding carboxylic acids is 3. The molecule has 1 atom stereocenters. The highest BCUT2D eigenvalue weighted by Gasteiger charge is 2.23. The van der Waals surface area contributed by atoms with E-state index in [1.165, 1.54) is 24.2 Å². The molecule has 1 aliphatic rings. The van der Waals surface area contributed by atoms with Crippen LogP contribution in [0.25, 0.3) is 0 Å². The minimum atomic E-state index is -0.588. The van der Waals surface area contributed by atoms with E-state index in [1.807, 2.05) is 18.0 Å². The second-order valence-corrected chi connectivity index (χ2v) is 8.16. The molecule has 0 spiro atoms. The molecule has 2 aromatic rings. The van der Waals surface area contributed by atoms with Crippen LogP contribution >= 0.6 is 0 Å². The number of nitriles is 1. The summed E-state index contributed by atoms with van der Waals surface area (Å²) in [5.74, 6) is 0.493. The number of amides is 3. The molecule has 3 rings (SSSR count). The van der Waals surface area contributed by atoms with Gasteiger partial charge in [-0.25, -0.2) is 14.8 Å². The number of nitrogens with one attached hydrogen (secondary N) is 1. The van der Waals surface area contributed by atoms with E-state index >= 15 is 0 Å². The van der Waals surface area contributed by atoms with E-state index in [2.05, 4.69) is 15.3 Å². The molecular weight excluding hydrogens is 454 g/mol. The van der Waals surface area contributed by atoms with Crippen LogP contribution < -0.4 is 15.0 Å². The van der Waals surface area contributed by atoms with Crippen LogP contribution in [0.3, 0.4) is 0 Å². The van der Waals surface area contributed by atoms with Crippen molar-refractivity contribution in [1.29, 1.82) is 5.26 Å². The Labute approximate surface area is 202 Å². The lowest BCUT2D eigenvalue weighted by molar-refractivity contribution is -0.136. The van der Waals surface area contributed by atoms with Gasteiger partial charge in [0.15, 0.2) is 6.29 Å². The first kappa shape index (κ1) is 25.5. The highest BCUT2D eigenvalue weighted by molar-refractivity contribution is 6.00. The fraction of sp³-hybridized carbons (Fsp3) is 0.391. The van der Waals surface area contributed by atoms with Gasteiger partial charge in [-0.1, -0.05) is 6.07 Å². The van der Waals surface area contributed by atoms with Gasteiger partial charge in [0.05, 0.1) is 19.3 Å². The second-order valence-electron chi connectivity index (χ2n) is 8.16. The Kier molecular flexibility index (Phi) is 8.30. The van der Waals surface area contributed by atoms with Crippen LogP contribution in [-0.2, 0) is 11.3 Å². The summed E-state index contributed by atoms with van der Waals surface area (Å²) >= 11 is 0. The minimum Gasteiger partial charge on any atom is -0.487 e. The third-order valence-electron chi connectivity index (χ3n) is 5.43. The Hall–Kier alpha value is -4.08. The third-order valence-corrected chi connectivity index (χ3v) is 5.43. The van der Waals surface area contributed by atoms with E-state index in [1.54, 1.807) is 24.0 Å². The Balaban J connectivity index is 1.73. The lowest BCUT2D eigenvalue weighted by Crippen LogP contribution is -2.48. The average molecular weight is 482 g/mol. The van der Waals surface area contributed by atoms with Crippen LogP contribution in [0.15, 0.2) is 24.4 Å². The normalized spacial score (nSPS) is 14.7. The van der Waals surface area contributed by atoms with Crippen molar-refractivity contribution in [2.75, 3.05) is 50.6 Å². The number of ether oxygens (including phenoxy) is 1. The van der Waals surface area contributed by atoms with Crippen molar-refractivity contribution >= 4 is 29.9 Å². The predicted octanol–water partition coefficient (Wildman–Crippen LogP) is 0.863. The molecule has 35 heavy (non-hydrogen) atoms. The Morgan fingerprint density at radius 3 is 2.86 bits per heavy atom. The molecule has 1 aliphatic heterocycles. The summed E-state index contributed by atoms with van der Waals surface area (Å²) in [7, 11) is 3.35. The topological polar surface area (TPSA) is 152 Å². The molecule has 0 saturated carbocycles. The van der Waals surface area contributed by atoms with E-state index in [9.17, 15) is 24.8 Å². The standard InChI is InChI=1S/C23H27N7O5/c1-15(13-31)35-19-8-20(25-10-17(19)9-24)27-23(34)29(3)21-5-4-16(18(14-32)26-21)11-30-7-6-28(2)12-22(30)33/h4-5,8,10,14-15,31H,6-7,11-13H2,1-3H3,(H,25,27,34)/t15-/m1/s1. The van der Waals surface area contributed by atoms with E-state index in [4.69, 9.17) is 4.74 Å². The van der Waals surface area contributed by atoms with Crippen LogP contribution in [0.1, 0.15) is 28.5 Å². The average Bonchev–Trinajstić information content (AvgIpc) is 2.85. The fourth-order valence-electron chi connectivity index (χ4n) is 3.35. The third kappa shape index (κ3) is 6.28. The van der Waals surface area contributed by atoms with Crippen LogP contribution in [0.4, 0.5) is 16.4 Å². The number of piperazine rings is 1. The molecule has 3 amide bonds. The highest BCUT2D eigenvalue weighted by atomic mass is 16.5. The first-order valence-electron chi connectivity index (χ1n) is 10.9. The molecule has 12 nitrogen and oxygen atoms in total. The lowest BCUT2D eigenvalue weighted by atomic mass is 10.1. The largest absolute Gasteiger partial charge is 0.487 e. The second kappa shape index (κ2) is 11.4. The van der Waals surface area contributed by atoms with Crippen LogP contribution in [0.2, 0.25) is 0 Å². The molecule has 1 saturated heterocycles. The number of aliphatic hydroxyl groups excluding tert-OH is 1. The SMILES string of the molecule is C[C@H](CO)Oc1cc(NC(=O)N(C)c2ccc(CN3CCN(C)CC3=O)c(C=O)n2)ncc1C#N. The summed E-state index contributed by atoms with van der Waals surface area (Å²) in [5, 5.41) is 21.0. The van der Waals surface area contributed by atoms with Gasteiger partial charge in [-0.15, -0.1) is 0 Å². The number of aliphatic hydroxyl groups is 1. The molecule has 2 N–H and O–H groups in total. The molecule has 0 unspecified atom stereocenters. The smallest absolute Gasteiger partial charge is 0.328 e. The molecule has 0 aromatic carbocycles. The van der Waals surface area contributed by atoms with E-state index in [0.717, 1.165) is 6.54 Å². The monoisotopic (exact) mass is 481 g/mol. The number of urea groups is 1. The zero-order valence-corrected chi connectivity index (χ0v) is 19.8. The van der Waals surface area contributed by atoms with E-state index in [-0.39, 0.29) is 47.7 Å². The van der Waals surface area contributed by atoms with Gasteiger partial charge in [0.2, 0.25) is 5.91 Å². The molecule has 12 heteroatoms. The van der Waals surface area contributed by atoms with Crippen LogP contribution in [0, 0.1) is 11.3 Å². The number of likely N-dealkylation sites (N-methyl/N-ethyl adjacent to an activating group) is 1. The maximum atomic E-state index is 12.8. The van der Waals surface area contributed by atoms with Gasteiger partial charge in [-0.05, 0) is 20.0 Å². The molecule has 0 radical (unpaired) electrons. The summed E-state index contributed by atoms with van der Waals surface area (Å²) in [4.78, 5) is 49.9. The number of nitrogens with zero attached hydrogens (tertiary/aromatic N) is 6. The summed E-state index contributed by atoms with van der Waals surface area (Å²) in [6.07, 6.45) is 1.30. The van der Waals surface area contributed by atoms with Gasteiger partial charge in [-0.3, -0.25) is 24.7 Å². The molecule has 184 valence electrons. The zero-order chi connectivity index (χ0) is 25.5. The zero-order valence-electron chi connectivity index (χ0n) is 19.8. The van der Waals surface area contributed by atoms with Crippen molar-refractivity contribution in [3.8, 4) is 11.8 Å². The minimum absolute atomic E-state index is 0.0252. The van der Waals surface area contributed by atoms with Gasteiger partial charge in [0.1, 0.15) is 40.8 Å². The van der Waals surface area contributed by atoms with Crippen molar-refractivity contribution in [3.63, 3.8) is 0 Å². The van der Waals surface area contributed by atoms with Crippen LogP contribution in [-0.4, -0.2) is 89.5 Å². The van der Waals surface area contributed by atoms with Crippen molar-refractivity contribution in [2.24, 2.45) is 0 Å². The van der Waals surface area contributed by atoms with Gasteiger partial charge in [0.25, 0.3) is 0 Å². The summed E-state index contributed by atoms with van der Waals surface area (Å²) < 4.78 is 5.51. The quantitative estimate of drug-likeness (QED) is 0.523. The number of rotatable bonds is 8. The number of carbonyl (C=O) groups is 3. The highest BCUT2D eigenvalue weighted by Crippen LogP contribution is 2.23. The first-order chi connectivity index (χ1) is 16.7. The van der Waals surface area contributed by atoms with Crippen molar-refractivity contribution in [1.82, 2.24) is 19.8 Å². The predicted molar refractivity (Wildman–Crippen MR) is 126 cm³/mol. The van der Waals surface area contributed by atoms with Gasteiger partial charge >= 0.3 is 6.03 Å². The molecule has 0 bridgehead atoms. The van der Waals surface area contributed by atoms with E-state index in [0.29, 0.717) is 24.9 Å². The van der Waals surface area contributed by atoms with Gasteiger partial charge in [0, 0.05) is 38.3 Å². The molecule has 2 aromatic heterocycles. The summed E-state index contributed by atoms with van der Waals surface area (Å²) in [6.45, 7) is 3.26. The Morgan fingerprint density at radius 1 is 1.43 bits per heavy atom. The summed E-state index contributed by atoms with van der Waals surface area (Å²) in [6, 6.07) is 6.00. The maximum absolute atomic E-state index is 12.8. The van der Waals surface area contributed by atoms with Gasteiger partial charge < -0.3 is 14.7 Å². The summed E-state index contributed by atoms with van der Waals surface area (Å²) in [5.41, 5.74) is 0.881. The maximum Gasteiger partial charge on any atom is 0.328 e. The van der Waals surface area contributed by atoms with Crippen molar-refractivity contribution in [3.05, 3.63) is 41.2 Å².